The summed E-state index contributed by atoms with van der Waals surface area (Å²) in [5.74, 6) is 0. The van der Waals surface area contributed by atoms with Gasteiger partial charge >= 0.3 is 0 Å². The van der Waals surface area contributed by atoms with Gasteiger partial charge in [0.25, 0.3) is 0 Å². The van der Waals surface area contributed by atoms with Gasteiger partial charge in [0.15, 0.2) is 0 Å². The smallest absolute Gasteiger partial charge is 0.0520 e. The molecule has 0 saturated heterocycles. The molecule has 2 aromatic carbocycles. The van der Waals surface area contributed by atoms with E-state index in [0.717, 1.165) is 33.7 Å². The van der Waals surface area contributed by atoms with E-state index in [2.05, 4.69) is 33.4 Å². The molecule has 0 radical (unpaired) electrons. The van der Waals surface area contributed by atoms with Crippen molar-refractivity contribution in [3.63, 3.8) is 0 Å². The molecule has 2 aromatic rings. The summed E-state index contributed by atoms with van der Waals surface area (Å²) in [6.07, 6.45) is 2.16. The lowest BCUT2D eigenvalue weighted by Crippen LogP contribution is -2.07. The monoisotopic (exact) mass is 336 g/mol. The molecule has 19 heavy (non-hydrogen) atoms. The molecule has 1 atom stereocenters. The van der Waals surface area contributed by atoms with Gasteiger partial charge in [-0.05, 0) is 70.2 Å². The van der Waals surface area contributed by atoms with Gasteiger partial charge in [0, 0.05) is 20.9 Å². The molecule has 0 bridgehead atoms. The maximum atomic E-state index is 5.96. The second kappa shape index (κ2) is 5.06. The molecule has 2 nitrogen and oxygen atoms in total. The van der Waals surface area contributed by atoms with Gasteiger partial charge in [-0.3, -0.25) is 0 Å². The summed E-state index contributed by atoms with van der Waals surface area (Å²) >= 11 is 9.50. The van der Waals surface area contributed by atoms with Crippen LogP contribution in [0.5, 0.6) is 0 Å². The Morgan fingerprint density at radius 3 is 2.84 bits per heavy atom. The van der Waals surface area contributed by atoms with Crippen LogP contribution >= 0.6 is 27.5 Å². The van der Waals surface area contributed by atoms with Gasteiger partial charge < -0.3 is 11.1 Å². The van der Waals surface area contributed by atoms with Gasteiger partial charge in [-0.15, -0.1) is 0 Å². The first kappa shape index (κ1) is 12.8. The van der Waals surface area contributed by atoms with E-state index >= 15 is 0 Å². The predicted octanol–water partition coefficient (Wildman–Crippen LogP) is 4.78. The molecule has 1 aliphatic carbocycles. The summed E-state index contributed by atoms with van der Waals surface area (Å²) in [7, 11) is 0. The van der Waals surface area contributed by atoms with E-state index in [9.17, 15) is 0 Å². The Morgan fingerprint density at radius 2 is 2.05 bits per heavy atom. The third kappa shape index (κ3) is 2.58. The fraction of sp³-hybridized carbons (Fsp3) is 0.200. The average molecular weight is 338 g/mol. The van der Waals surface area contributed by atoms with Crippen molar-refractivity contribution in [1.82, 2.24) is 0 Å². The van der Waals surface area contributed by atoms with E-state index in [1.54, 1.807) is 0 Å². The summed E-state index contributed by atoms with van der Waals surface area (Å²) in [4.78, 5) is 0. The van der Waals surface area contributed by atoms with Crippen LogP contribution < -0.4 is 11.1 Å². The van der Waals surface area contributed by atoms with Gasteiger partial charge in [-0.25, -0.2) is 0 Å². The second-order valence-electron chi connectivity index (χ2n) is 4.82. The van der Waals surface area contributed by atoms with E-state index in [4.69, 9.17) is 17.3 Å². The van der Waals surface area contributed by atoms with Crippen molar-refractivity contribution in [3.8, 4) is 0 Å². The van der Waals surface area contributed by atoms with Crippen molar-refractivity contribution < 1.29 is 0 Å². The second-order valence-corrected chi connectivity index (χ2v) is 6.11. The molecule has 0 saturated carbocycles. The fourth-order valence-electron chi connectivity index (χ4n) is 2.58. The van der Waals surface area contributed by atoms with Crippen LogP contribution in [0.25, 0.3) is 0 Å². The van der Waals surface area contributed by atoms with E-state index < -0.39 is 0 Å². The van der Waals surface area contributed by atoms with Crippen LogP contribution in [-0.4, -0.2) is 0 Å². The van der Waals surface area contributed by atoms with Gasteiger partial charge in [-0.2, -0.15) is 0 Å². The van der Waals surface area contributed by atoms with E-state index in [-0.39, 0.29) is 0 Å². The number of nitrogens with two attached hydrogens (primary N) is 1. The number of aryl methyl sites for hydroxylation is 1. The van der Waals surface area contributed by atoms with E-state index in [1.165, 1.54) is 11.1 Å². The van der Waals surface area contributed by atoms with Gasteiger partial charge in [-0.1, -0.05) is 17.7 Å². The lowest BCUT2D eigenvalue weighted by atomic mass is 10.1. The van der Waals surface area contributed by atoms with Crippen molar-refractivity contribution in [3.05, 3.63) is 57.0 Å². The summed E-state index contributed by atoms with van der Waals surface area (Å²) in [6.45, 7) is 0. The Bertz CT molecular complexity index is 628. The molecule has 1 unspecified atom stereocenters. The van der Waals surface area contributed by atoms with Crippen molar-refractivity contribution in [2.45, 2.75) is 18.9 Å². The number of benzene rings is 2. The van der Waals surface area contributed by atoms with E-state index in [1.807, 2.05) is 24.3 Å². The van der Waals surface area contributed by atoms with Crippen molar-refractivity contribution in [2.75, 3.05) is 11.1 Å². The zero-order valence-corrected chi connectivity index (χ0v) is 12.6. The number of nitrogens with one attached hydrogen (secondary N) is 1. The highest BCUT2D eigenvalue weighted by Crippen LogP contribution is 2.37. The van der Waals surface area contributed by atoms with Crippen LogP contribution in [0.15, 0.2) is 40.9 Å². The summed E-state index contributed by atoms with van der Waals surface area (Å²) in [5, 5.41) is 4.30. The number of fused-ring (bicyclic) bond motifs is 1. The molecule has 0 aliphatic heterocycles. The number of hydrogen-bond acceptors (Lipinski definition) is 2. The molecule has 3 rings (SSSR count). The molecule has 0 amide bonds. The molecular formula is C15H14BrClN2. The highest BCUT2D eigenvalue weighted by molar-refractivity contribution is 9.10. The number of nitrogen functional groups attached to an aromatic ring is 1. The van der Waals surface area contributed by atoms with Crippen LogP contribution in [0, 0.1) is 0 Å². The predicted molar refractivity (Wildman–Crippen MR) is 84.7 cm³/mol. The Morgan fingerprint density at radius 1 is 1.21 bits per heavy atom. The first-order valence-electron chi connectivity index (χ1n) is 6.23. The summed E-state index contributed by atoms with van der Waals surface area (Å²) < 4.78 is 0.990. The van der Waals surface area contributed by atoms with Crippen LogP contribution in [-0.2, 0) is 6.42 Å². The molecule has 4 heteroatoms. The number of anilines is 2. The lowest BCUT2D eigenvalue weighted by molar-refractivity contribution is 0.761. The third-order valence-electron chi connectivity index (χ3n) is 3.51. The Balaban J connectivity index is 1.86. The quantitative estimate of drug-likeness (QED) is 0.774. The SMILES string of the molecule is Nc1ccc2c(c1)CCC2Nc1ccc(Cl)cc1Br. The first-order chi connectivity index (χ1) is 9.13. The van der Waals surface area contributed by atoms with Gasteiger partial charge in [0.05, 0.1) is 6.04 Å². The molecule has 0 aromatic heterocycles. The van der Waals surface area contributed by atoms with Gasteiger partial charge in [0.2, 0.25) is 0 Å². The van der Waals surface area contributed by atoms with Crippen molar-refractivity contribution in [1.29, 1.82) is 0 Å². The highest BCUT2D eigenvalue weighted by atomic mass is 79.9. The third-order valence-corrected chi connectivity index (χ3v) is 4.40. The lowest BCUT2D eigenvalue weighted by Gasteiger charge is -2.17. The minimum absolute atomic E-state index is 0.341. The van der Waals surface area contributed by atoms with E-state index in [0.29, 0.717) is 6.04 Å². The molecule has 1 aliphatic rings. The Labute approximate surface area is 126 Å². The van der Waals surface area contributed by atoms with Crippen LogP contribution in [0.1, 0.15) is 23.6 Å². The zero-order valence-electron chi connectivity index (χ0n) is 10.3. The highest BCUT2D eigenvalue weighted by Gasteiger charge is 2.22. The van der Waals surface area contributed by atoms with Crippen LogP contribution in [0.4, 0.5) is 11.4 Å². The topological polar surface area (TPSA) is 38.0 Å². The number of hydrogen-bond donors (Lipinski definition) is 2. The van der Waals surface area contributed by atoms with Crippen molar-refractivity contribution >= 4 is 38.9 Å². The number of halogens is 2. The Hall–Kier alpha value is -1.19. The standard InChI is InChI=1S/C15H14BrClN2/c16-13-8-10(17)2-6-15(13)19-14-5-1-9-7-11(18)3-4-12(9)14/h2-4,6-8,14,19H,1,5,18H2. The first-order valence-corrected chi connectivity index (χ1v) is 7.40. The fourth-order valence-corrected chi connectivity index (χ4v) is 3.38. The normalized spacial score (nSPS) is 17.3. The minimum atomic E-state index is 0.341. The summed E-state index contributed by atoms with van der Waals surface area (Å²) in [5.41, 5.74) is 10.4. The molecule has 0 spiro atoms. The molecular weight excluding hydrogens is 324 g/mol. The van der Waals surface area contributed by atoms with Crippen LogP contribution in [0.3, 0.4) is 0 Å². The summed E-state index contributed by atoms with van der Waals surface area (Å²) in [6, 6.07) is 12.3. The van der Waals surface area contributed by atoms with Gasteiger partial charge in [0.1, 0.15) is 0 Å². The largest absolute Gasteiger partial charge is 0.399 e. The zero-order chi connectivity index (χ0) is 13.4. The molecule has 0 fully saturated rings. The van der Waals surface area contributed by atoms with Crippen molar-refractivity contribution in [2.24, 2.45) is 0 Å². The maximum Gasteiger partial charge on any atom is 0.0520 e. The average Bonchev–Trinajstić information content (AvgIpc) is 2.75. The Kier molecular flexibility index (Phi) is 3.42. The molecule has 0 heterocycles. The maximum absolute atomic E-state index is 5.96. The molecule has 3 N–H and O–H groups in total. The molecule has 98 valence electrons. The van der Waals surface area contributed by atoms with Crippen LogP contribution in [0.2, 0.25) is 5.02 Å². The number of rotatable bonds is 2. The minimum Gasteiger partial charge on any atom is -0.399 e.